The molecule has 4 atom stereocenters. The molecular formula is C12H24N2O3. The molecule has 0 radical (unpaired) electrons. The van der Waals surface area contributed by atoms with Crippen LogP contribution in [-0.2, 0) is 14.3 Å². The van der Waals surface area contributed by atoms with Gasteiger partial charge in [0.25, 0.3) is 0 Å². The van der Waals surface area contributed by atoms with Gasteiger partial charge < -0.3 is 16.2 Å². The molecule has 0 aliphatic heterocycles. The maximum absolute atomic E-state index is 11.5. The van der Waals surface area contributed by atoms with E-state index in [4.69, 9.17) is 16.2 Å². The van der Waals surface area contributed by atoms with Crippen molar-refractivity contribution in [1.82, 2.24) is 0 Å². The van der Waals surface area contributed by atoms with Crippen LogP contribution in [0.4, 0.5) is 0 Å². The summed E-state index contributed by atoms with van der Waals surface area (Å²) in [5, 5.41) is 0. The standard InChI is InChI=1S/C12H24N2O3/c1-5-7(3)9(13)11(15)17-12(16)10(14)8(4)6-2/h7-10H,5-6,13-14H2,1-4H3/t7-,8-,9-,10-/m0/s1. The molecule has 0 aliphatic carbocycles. The summed E-state index contributed by atoms with van der Waals surface area (Å²) in [6, 6.07) is -1.54. The van der Waals surface area contributed by atoms with Crippen molar-refractivity contribution in [2.75, 3.05) is 0 Å². The molecule has 0 aliphatic rings. The Morgan fingerprint density at radius 2 is 1.24 bits per heavy atom. The molecular weight excluding hydrogens is 220 g/mol. The Kier molecular flexibility index (Phi) is 6.99. The molecule has 0 aromatic rings. The lowest BCUT2D eigenvalue weighted by Crippen LogP contribution is -2.44. The zero-order valence-electron chi connectivity index (χ0n) is 11.1. The highest BCUT2D eigenvalue weighted by atomic mass is 16.6. The molecule has 0 fully saturated rings. The Labute approximate surface area is 103 Å². The first-order valence-corrected chi connectivity index (χ1v) is 6.11. The third-order valence-corrected chi connectivity index (χ3v) is 3.26. The van der Waals surface area contributed by atoms with Crippen LogP contribution in [0.15, 0.2) is 0 Å². The van der Waals surface area contributed by atoms with Crippen LogP contribution in [0.5, 0.6) is 0 Å². The number of rotatable bonds is 6. The molecule has 0 amide bonds. The van der Waals surface area contributed by atoms with E-state index in [1.807, 2.05) is 27.7 Å². The van der Waals surface area contributed by atoms with Crippen LogP contribution in [0.2, 0.25) is 0 Å². The zero-order chi connectivity index (χ0) is 13.6. The molecule has 100 valence electrons. The van der Waals surface area contributed by atoms with E-state index < -0.39 is 24.0 Å². The number of ether oxygens (including phenoxy) is 1. The fourth-order valence-electron chi connectivity index (χ4n) is 1.21. The summed E-state index contributed by atoms with van der Waals surface area (Å²) in [7, 11) is 0. The molecule has 0 aromatic heterocycles. The van der Waals surface area contributed by atoms with Gasteiger partial charge in [-0.1, -0.05) is 40.5 Å². The molecule has 5 nitrogen and oxygen atoms in total. The SMILES string of the molecule is CC[C@H](C)[C@H](N)C(=O)OC(=O)[C@@H](N)[C@@H](C)CC. The Morgan fingerprint density at radius 1 is 0.941 bits per heavy atom. The second kappa shape index (κ2) is 7.40. The van der Waals surface area contributed by atoms with Crippen molar-refractivity contribution in [2.24, 2.45) is 23.3 Å². The molecule has 0 bridgehead atoms. The van der Waals surface area contributed by atoms with Crippen LogP contribution in [0.1, 0.15) is 40.5 Å². The quantitative estimate of drug-likeness (QED) is 0.532. The predicted molar refractivity (Wildman–Crippen MR) is 66.0 cm³/mol. The Balaban J connectivity index is 4.34. The van der Waals surface area contributed by atoms with E-state index in [-0.39, 0.29) is 11.8 Å². The fraction of sp³-hybridized carbons (Fsp3) is 0.833. The number of carbonyl (C=O) groups excluding carboxylic acids is 2. The average Bonchev–Trinajstić information content (AvgIpc) is 2.34. The molecule has 0 unspecified atom stereocenters. The van der Waals surface area contributed by atoms with Crippen LogP contribution in [0, 0.1) is 11.8 Å². The van der Waals surface area contributed by atoms with E-state index in [0.29, 0.717) is 0 Å². The van der Waals surface area contributed by atoms with Crippen LogP contribution in [0.25, 0.3) is 0 Å². The summed E-state index contributed by atoms with van der Waals surface area (Å²) >= 11 is 0. The van der Waals surface area contributed by atoms with Crippen LogP contribution in [0.3, 0.4) is 0 Å². The predicted octanol–water partition coefficient (Wildman–Crippen LogP) is 0.803. The van der Waals surface area contributed by atoms with Gasteiger partial charge in [-0.05, 0) is 11.8 Å². The molecule has 17 heavy (non-hydrogen) atoms. The Morgan fingerprint density at radius 3 is 1.47 bits per heavy atom. The number of hydrogen-bond donors (Lipinski definition) is 2. The van der Waals surface area contributed by atoms with Crippen LogP contribution < -0.4 is 11.5 Å². The van der Waals surface area contributed by atoms with Gasteiger partial charge in [0.15, 0.2) is 0 Å². The van der Waals surface area contributed by atoms with Gasteiger partial charge in [0.05, 0.1) is 0 Å². The maximum atomic E-state index is 11.5. The summed E-state index contributed by atoms with van der Waals surface area (Å²) in [4.78, 5) is 23.1. The molecule has 0 heterocycles. The van der Waals surface area contributed by atoms with Gasteiger partial charge in [-0.25, -0.2) is 9.59 Å². The van der Waals surface area contributed by atoms with Crippen LogP contribution >= 0.6 is 0 Å². The summed E-state index contributed by atoms with van der Waals surface area (Å²) in [5.41, 5.74) is 11.3. The van der Waals surface area contributed by atoms with Crippen molar-refractivity contribution in [3.8, 4) is 0 Å². The van der Waals surface area contributed by atoms with Crippen molar-refractivity contribution in [1.29, 1.82) is 0 Å². The number of carbonyl (C=O) groups is 2. The van der Waals surface area contributed by atoms with Crippen molar-refractivity contribution < 1.29 is 14.3 Å². The van der Waals surface area contributed by atoms with E-state index >= 15 is 0 Å². The maximum Gasteiger partial charge on any atom is 0.330 e. The van der Waals surface area contributed by atoms with Crippen molar-refractivity contribution in [2.45, 2.75) is 52.6 Å². The largest absolute Gasteiger partial charge is 0.391 e. The molecule has 4 N–H and O–H groups in total. The smallest absolute Gasteiger partial charge is 0.330 e. The minimum Gasteiger partial charge on any atom is -0.391 e. The van der Waals surface area contributed by atoms with Gasteiger partial charge in [-0.3, -0.25) is 0 Å². The second-order valence-electron chi connectivity index (χ2n) is 4.56. The van der Waals surface area contributed by atoms with Gasteiger partial charge in [0.2, 0.25) is 0 Å². The summed E-state index contributed by atoms with van der Waals surface area (Å²) in [6.07, 6.45) is 1.50. The topological polar surface area (TPSA) is 95.4 Å². The Hall–Kier alpha value is -0.940. The molecule has 0 saturated carbocycles. The first-order valence-electron chi connectivity index (χ1n) is 6.11. The van der Waals surface area contributed by atoms with Gasteiger partial charge in [0.1, 0.15) is 12.1 Å². The molecule has 0 spiro atoms. The summed E-state index contributed by atoms with van der Waals surface area (Å²) in [5.74, 6) is -1.42. The van der Waals surface area contributed by atoms with Crippen molar-refractivity contribution >= 4 is 11.9 Å². The molecule has 5 heteroatoms. The molecule has 0 saturated heterocycles. The highest BCUT2D eigenvalue weighted by Crippen LogP contribution is 2.10. The van der Waals surface area contributed by atoms with Gasteiger partial charge in [0, 0.05) is 0 Å². The third-order valence-electron chi connectivity index (χ3n) is 3.26. The van der Waals surface area contributed by atoms with Crippen molar-refractivity contribution in [3.05, 3.63) is 0 Å². The van der Waals surface area contributed by atoms with E-state index in [0.717, 1.165) is 12.8 Å². The van der Waals surface area contributed by atoms with Crippen LogP contribution in [-0.4, -0.2) is 24.0 Å². The summed E-state index contributed by atoms with van der Waals surface area (Å²) in [6.45, 7) is 7.52. The number of nitrogens with two attached hydrogens (primary N) is 2. The molecule has 0 aromatic carbocycles. The van der Waals surface area contributed by atoms with Gasteiger partial charge >= 0.3 is 11.9 Å². The fourth-order valence-corrected chi connectivity index (χ4v) is 1.21. The van der Waals surface area contributed by atoms with E-state index in [1.165, 1.54) is 0 Å². The third kappa shape index (κ3) is 4.83. The highest BCUT2D eigenvalue weighted by Gasteiger charge is 2.28. The lowest BCUT2D eigenvalue weighted by atomic mass is 9.99. The van der Waals surface area contributed by atoms with Gasteiger partial charge in [-0.15, -0.1) is 0 Å². The van der Waals surface area contributed by atoms with Crippen molar-refractivity contribution in [3.63, 3.8) is 0 Å². The number of hydrogen-bond acceptors (Lipinski definition) is 5. The van der Waals surface area contributed by atoms with E-state index in [1.54, 1.807) is 0 Å². The normalized spacial score (nSPS) is 18.0. The lowest BCUT2D eigenvalue weighted by molar-refractivity contribution is -0.163. The highest BCUT2D eigenvalue weighted by molar-refractivity contribution is 5.90. The number of esters is 2. The first kappa shape index (κ1) is 16.1. The lowest BCUT2D eigenvalue weighted by Gasteiger charge is -2.19. The minimum absolute atomic E-state index is 0.0184. The average molecular weight is 244 g/mol. The van der Waals surface area contributed by atoms with E-state index in [2.05, 4.69) is 0 Å². The van der Waals surface area contributed by atoms with Gasteiger partial charge in [-0.2, -0.15) is 0 Å². The molecule has 0 rings (SSSR count). The minimum atomic E-state index is -0.770. The second-order valence-corrected chi connectivity index (χ2v) is 4.56. The summed E-state index contributed by atoms with van der Waals surface area (Å²) < 4.78 is 4.69. The zero-order valence-corrected chi connectivity index (χ0v) is 11.1. The Bertz CT molecular complexity index is 242. The first-order chi connectivity index (χ1) is 7.84. The van der Waals surface area contributed by atoms with E-state index in [9.17, 15) is 9.59 Å². The monoisotopic (exact) mass is 244 g/mol.